The zero-order chi connectivity index (χ0) is 41.7. The minimum absolute atomic E-state index is 0.582. The van der Waals surface area contributed by atoms with Gasteiger partial charge in [0.15, 0.2) is 17.5 Å². The molecule has 0 aliphatic heterocycles. The highest BCUT2D eigenvalue weighted by Gasteiger charge is 2.19. The Kier molecular flexibility index (Phi) is 8.75. The summed E-state index contributed by atoms with van der Waals surface area (Å²) in [5.74, 6) is 1.79. The SMILES string of the molecule is c1ccc(-c2ccc(-c3nc(-c4ccc(-c5ccccc5)cc4)nc(-c4ccc5c(c4)nc(-c4ccccc4)c4cc6c7ccccc7n(-c7ccccc7)c6cc45)n3)cc2)cc1. The molecule has 3 aromatic heterocycles. The van der Waals surface area contributed by atoms with Crippen molar-refractivity contribution in [1.82, 2.24) is 24.5 Å². The first-order valence-electron chi connectivity index (χ1n) is 21.2. The van der Waals surface area contributed by atoms with Crippen LogP contribution in [0.15, 0.2) is 224 Å². The summed E-state index contributed by atoms with van der Waals surface area (Å²) in [6, 6.07) is 78.7. The molecule has 0 unspecified atom stereocenters. The summed E-state index contributed by atoms with van der Waals surface area (Å²) in [5, 5.41) is 5.69. The smallest absolute Gasteiger partial charge is 0.164 e. The molecule has 63 heavy (non-hydrogen) atoms. The summed E-state index contributed by atoms with van der Waals surface area (Å²) in [6.07, 6.45) is 0. The molecule has 9 aromatic carbocycles. The van der Waals surface area contributed by atoms with E-state index in [0.29, 0.717) is 17.5 Å². The van der Waals surface area contributed by atoms with Crippen LogP contribution in [0.2, 0.25) is 0 Å². The van der Waals surface area contributed by atoms with Gasteiger partial charge in [0, 0.05) is 49.5 Å². The second kappa shape index (κ2) is 15.2. The van der Waals surface area contributed by atoms with Gasteiger partial charge in [-0.3, -0.25) is 0 Å². The molecule has 5 heteroatoms. The van der Waals surface area contributed by atoms with Crippen LogP contribution in [0.25, 0.3) is 117 Å². The number of hydrogen-bond donors (Lipinski definition) is 0. The predicted molar refractivity (Wildman–Crippen MR) is 260 cm³/mol. The number of fused-ring (bicyclic) bond motifs is 6. The fourth-order valence-corrected chi connectivity index (χ4v) is 8.92. The molecule has 0 amide bonds. The van der Waals surface area contributed by atoms with Gasteiger partial charge in [-0.1, -0.05) is 188 Å². The quantitative estimate of drug-likeness (QED) is 0.151. The molecule has 0 atom stereocenters. The summed E-state index contributed by atoms with van der Waals surface area (Å²) in [6.45, 7) is 0. The molecule has 0 bridgehead atoms. The Labute approximate surface area is 364 Å². The normalized spacial score (nSPS) is 11.5. The van der Waals surface area contributed by atoms with E-state index in [-0.39, 0.29) is 0 Å². The maximum Gasteiger partial charge on any atom is 0.164 e. The molecule has 0 aliphatic rings. The Bertz CT molecular complexity index is 3520. The van der Waals surface area contributed by atoms with Gasteiger partial charge in [-0.05, 0) is 64.0 Å². The molecule has 5 nitrogen and oxygen atoms in total. The Hall–Kier alpha value is -8.54. The minimum atomic E-state index is 0.582. The molecule has 294 valence electrons. The zero-order valence-corrected chi connectivity index (χ0v) is 34.1. The maximum atomic E-state index is 5.47. The molecule has 0 N–H and O–H groups in total. The second-order valence-electron chi connectivity index (χ2n) is 15.9. The van der Waals surface area contributed by atoms with Gasteiger partial charge < -0.3 is 4.57 Å². The van der Waals surface area contributed by atoms with Crippen molar-refractivity contribution < 1.29 is 0 Å². The van der Waals surface area contributed by atoms with Crippen molar-refractivity contribution >= 4 is 43.5 Å². The van der Waals surface area contributed by atoms with E-state index in [4.69, 9.17) is 19.9 Å². The van der Waals surface area contributed by atoms with Crippen LogP contribution in [0.1, 0.15) is 0 Å². The number of rotatable bonds is 7. The van der Waals surface area contributed by atoms with Crippen molar-refractivity contribution in [1.29, 1.82) is 0 Å². The molecule has 0 saturated carbocycles. The van der Waals surface area contributed by atoms with Crippen LogP contribution in [-0.2, 0) is 0 Å². The van der Waals surface area contributed by atoms with E-state index in [1.54, 1.807) is 0 Å². The number of benzene rings is 9. The lowest BCUT2D eigenvalue weighted by atomic mass is 9.97. The average Bonchev–Trinajstić information content (AvgIpc) is 3.69. The van der Waals surface area contributed by atoms with E-state index in [2.05, 4.69) is 217 Å². The van der Waals surface area contributed by atoms with Gasteiger partial charge in [0.05, 0.1) is 22.2 Å². The number of hydrogen-bond acceptors (Lipinski definition) is 4. The highest BCUT2D eigenvalue weighted by Crippen LogP contribution is 2.41. The Morgan fingerprint density at radius 3 is 1.30 bits per heavy atom. The third-order valence-corrected chi connectivity index (χ3v) is 12.0. The molecular formula is C58H37N5. The van der Waals surface area contributed by atoms with Crippen LogP contribution in [-0.4, -0.2) is 24.5 Å². The number of pyridine rings is 1. The topological polar surface area (TPSA) is 56.5 Å². The lowest BCUT2D eigenvalue weighted by Gasteiger charge is -2.14. The van der Waals surface area contributed by atoms with Crippen LogP contribution in [0.3, 0.4) is 0 Å². The van der Waals surface area contributed by atoms with Gasteiger partial charge >= 0.3 is 0 Å². The Balaban J connectivity index is 1.06. The molecular weight excluding hydrogens is 767 g/mol. The largest absolute Gasteiger partial charge is 0.309 e. The molecule has 0 spiro atoms. The lowest BCUT2D eigenvalue weighted by molar-refractivity contribution is 1.07. The fourth-order valence-electron chi connectivity index (χ4n) is 8.92. The van der Waals surface area contributed by atoms with Gasteiger partial charge in [-0.25, -0.2) is 19.9 Å². The highest BCUT2D eigenvalue weighted by molar-refractivity contribution is 6.20. The van der Waals surface area contributed by atoms with Crippen molar-refractivity contribution in [3.8, 4) is 73.4 Å². The summed E-state index contributed by atoms with van der Waals surface area (Å²) < 4.78 is 2.37. The van der Waals surface area contributed by atoms with Crippen LogP contribution in [0, 0.1) is 0 Å². The maximum absolute atomic E-state index is 5.47. The van der Waals surface area contributed by atoms with E-state index in [9.17, 15) is 0 Å². The van der Waals surface area contributed by atoms with Crippen molar-refractivity contribution in [2.45, 2.75) is 0 Å². The Morgan fingerprint density at radius 1 is 0.254 bits per heavy atom. The van der Waals surface area contributed by atoms with E-state index in [1.807, 2.05) is 12.1 Å². The van der Waals surface area contributed by atoms with Gasteiger partial charge in [0.2, 0.25) is 0 Å². The third kappa shape index (κ3) is 6.51. The van der Waals surface area contributed by atoms with Crippen LogP contribution in [0.4, 0.5) is 0 Å². The Morgan fingerprint density at radius 2 is 0.714 bits per heavy atom. The summed E-state index contributed by atoms with van der Waals surface area (Å²) in [4.78, 5) is 20.9. The van der Waals surface area contributed by atoms with E-state index in [0.717, 1.165) is 83.1 Å². The first-order chi connectivity index (χ1) is 31.2. The lowest BCUT2D eigenvalue weighted by Crippen LogP contribution is -2.00. The summed E-state index contributed by atoms with van der Waals surface area (Å²) in [7, 11) is 0. The molecule has 12 aromatic rings. The van der Waals surface area contributed by atoms with Crippen LogP contribution in [0.5, 0.6) is 0 Å². The van der Waals surface area contributed by atoms with Crippen molar-refractivity contribution in [3.05, 3.63) is 224 Å². The van der Waals surface area contributed by atoms with E-state index >= 15 is 0 Å². The van der Waals surface area contributed by atoms with Crippen molar-refractivity contribution in [3.63, 3.8) is 0 Å². The zero-order valence-electron chi connectivity index (χ0n) is 34.1. The summed E-state index contributed by atoms with van der Waals surface area (Å²) >= 11 is 0. The highest BCUT2D eigenvalue weighted by atomic mass is 15.0. The van der Waals surface area contributed by atoms with Crippen molar-refractivity contribution in [2.24, 2.45) is 0 Å². The van der Waals surface area contributed by atoms with Gasteiger partial charge in [0.25, 0.3) is 0 Å². The third-order valence-electron chi connectivity index (χ3n) is 12.0. The summed E-state index contributed by atoms with van der Waals surface area (Å²) in [5.41, 5.74) is 13.6. The monoisotopic (exact) mass is 803 g/mol. The number of nitrogens with zero attached hydrogens (tertiary/aromatic N) is 5. The van der Waals surface area contributed by atoms with Crippen LogP contribution < -0.4 is 0 Å². The van der Waals surface area contributed by atoms with Crippen LogP contribution >= 0.6 is 0 Å². The van der Waals surface area contributed by atoms with Crippen molar-refractivity contribution in [2.75, 3.05) is 0 Å². The predicted octanol–water partition coefficient (Wildman–Crippen LogP) is 14.7. The molecule has 0 saturated heterocycles. The number of aromatic nitrogens is 5. The first kappa shape index (κ1) is 36.3. The standard InChI is InChI=1S/C58H37N5/c1-5-15-38(16-6-1)40-25-29-43(30-26-40)56-60-57(44-31-27-41(28-32-44)39-17-7-2-8-18-39)62-58(61-56)45-33-34-47-49-37-54-50(36-51(49)55(59-52(47)35-45)42-19-9-3-10-20-42)48-23-13-14-24-53(48)63(54)46-21-11-4-12-22-46/h1-37H. The van der Waals surface area contributed by atoms with Gasteiger partial charge in [-0.2, -0.15) is 0 Å². The molecule has 0 radical (unpaired) electrons. The van der Waals surface area contributed by atoms with Gasteiger partial charge in [-0.15, -0.1) is 0 Å². The number of para-hydroxylation sites is 2. The molecule has 0 fully saturated rings. The first-order valence-corrected chi connectivity index (χ1v) is 21.2. The van der Waals surface area contributed by atoms with Gasteiger partial charge in [0.1, 0.15) is 0 Å². The van der Waals surface area contributed by atoms with E-state index < -0.39 is 0 Å². The minimum Gasteiger partial charge on any atom is -0.309 e. The fraction of sp³-hybridized carbons (Fsp3) is 0. The molecule has 3 heterocycles. The molecule has 0 aliphatic carbocycles. The second-order valence-corrected chi connectivity index (χ2v) is 15.9. The van der Waals surface area contributed by atoms with E-state index in [1.165, 1.54) is 16.3 Å². The molecule has 12 rings (SSSR count). The average molecular weight is 804 g/mol.